The number of hydrogen-bond acceptors (Lipinski definition) is 6. The maximum Gasteiger partial charge on any atom is 0.296 e. The van der Waals surface area contributed by atoms with Crippen LogP contribution in [0.15, 0.2) is 30.3 Å². The van der Waals surface area contributed by atoms with Crippen LogP contribution in [0.5, 0.6) is 6.01 Å². The van der Waals surface area contributed by atoms with Crippen LogP contribution in [0, 0.1) is 0 Å². The van der Waals surface area contributed by atoms with Crippen molar-refractivity contribution in [3.8, 4) is 17.3 Å². The fraction of sp³-hybridized carbons (Fsp3) is 0.429. The Morgan fingerprint density at radius 2 is 1.90 bits per heavy atom. The minimum atomic E-state index is 0.0204. The molecule has 29 heavy (non-hydrogen) atoms. The SMILES string of the molecule is Clc1cc2[nH]c(OC3CCCOC3)nc2nc1-c1ccc(N2CCOCC2)cc1. The van der Waals surface area contributed by atoms with Gasteiger partial charge < -0.3 is 24.1 Å². The summed E-state index contributed by atoms with van der Waals surface area (Å²) in [7, 11) is 0. The zero-order valence-corrected chi connectivity index (χ0v) is 16.8. The Bertz CT molecular complexity index is 980. The molecule has 5 rings (SSSR count). The van der Waals surface area contributed by atoms with Crippen molar-refractivity contribution < 1.29 is 14.2 Å². The normalized spacial score (nSPS) is 20.2. The van der Waals surface area contributed by atoms with Crippen molar-refractivity contribution in [2.75, 3.05) is 44.4 Å². The second kappa shape index (κ2) is 8.18. The van der Waals surface area contributed by atoms with Gasteiger partial charge in [-0.1, -0.05) is 23.7 Å². The lowest BCUT2D eigenvalue weighted by Gasteiger charge is -2.28. The summed E-state index contributed by atoms with van der Waals surface area (Å²) in [5.74, 6) is 0. The quantitative estimate of drug-likeness (QED) is 0.702. The minimum Gasteiger partial charge on any atom is -0.459 e. The number of nitrogens with zero attached hydrogens (tertiary/aromatic N) is 3. The molecule has 2 aliphatic heterocycles. The number of halogens is 1. The number of nitrogens with one attached hydrogen (secondary N) is 1. The first-order valence-electron chi connectivity index (χ1n) is 10.00. The molecule has 0 spiro atoms. The van der Waals surface area contributed by atoms with Gasteiger partial charge in [0.25, 0.3) is 6.01 Å². The first kappa shape index (κ1) is 18.7. The van der Waals surface area contributed by atoms with Gasteiger partial charge in [0, 0.05) is 30.9 Å². The van der Waals surface area contributed by atoms with Gasteiger partial charge in [0.1, 0.15) is 6.10 Å². The van der Waals surface area contributed by atoms with E-state index in [1.54, 1.807) is 0 Å². The Morgan fingerprint density at radius 3 is 2.66 bits per heavy atom. The van der Waals surface area contributed by atoms with Crippen LogP contribution in [-0.2, 0) is 9.47 Å². The van der Waals surface area contributed by atoms with E-state index in [0.717, 1.165) is 56.8 Å². The van der Waals surface area contributed by atoms with E-state index >= 15 is 0 Å². The number of rotatable bonds is 4. The molecule has 4 heterocycles. The second-order valence-corrected chi connectivity index (χ2v) is 7.74. The molecule has 8 heteroatoms. The average Bonchev–Trinajstić information content (AvgIpc) is 3.15. The third-order valence-electron chi connectivity index (χ3n) is 5.32. The molecule has 1 aromatic carbocycles. The minimum absolute atomic E-state index is 0.0204. The highest BCUT2D eigenvalue weighted by Crippen LogP contribution is 2.31. The van der Waals surface area contributed by atoms with Gasteiger partial charge >= 0.3 is 0 Å². The number of H-pyrrole nitrogens is 1. The molecule has 7 nitrogen and oxygen atoms in total. The number of imidazole rings is 1. The van der Waals surface area contributed by atoms with E-state index in [4.69, 9.17) is 25.8 Å². The summed E-state index contributed by atoms with van der Waals surface area (Å²) in [5.41, 5.74) is 4.20. The fourth-order valence-electron chi connectivity index (χ4n) is 3.77. The van der Waals surface area contributed by atoms with E-state index in [1.807, 2.05) is 18.2 Å². The van der Waals surface area contributed by atoms with Gasteiger partial charge in [0.2, 0.25) is 0 Å². The highest BCUT2D eigenvalue weighted by Gasteiger charge is 2.19. The van der Waals surface area contributed by atoms with Crippen LogP contribution >= 0.6 is 11.6 Å². The second-order valence-electron chi connectivity index (χ2n) is 7.34. The van der Waals surface area contributed by atoms with E-state index in [9.17, 15) is 0 Å². The molecule has 0 aliphatic carbocycles. The van der Waals surface area contributed by atoms with Gasteiger partial charge in [-0.05, 0) is 31.0 Å². The van der Waals surface area contributed by atoms with Crippen molar-refractivity contribution in [3.63, 3.8) is 0 Å². The number of aromatic nitrogens is 3. The first-order valence-corrected chi connectivity index (χ1v) is 10.4. The number of aromatic amines is 1. The van der Waals surface area contributed by atoms with E-state index in [-0.39, 0.29) is 6.10 Å². The molecule has 2 aliphatic rings. The molecular weight excluding hydrogens is 392 g/mol. The number of anilines is 1. The summed E-state index contributed by atoms with van der Waals surface area (Å²) in [6, 6.07) is 10.6. The van der Waals surface area contributed by atoms with Crippen molar-refractivity contribution in [1.82, 2.24) is 15.0 Å². The molecule has 2 aromatic heterocycles. The smallest absolute Gasteiger partial charge is 0.296 e. The van der Waals surface area contributed by atoms with Crippen LogP contribution < -0.4 is 9.64 Å². The summed E-state index contributed by atoms with van der Waals surface area (Å²) in [6.45, 7) is 4.74. The zero-order chi connectivity index (χ0) is 19.6. The Morgan fingerprint density at radius 1 is 1.07 bits per heavy atom. The molecule has 1 unspecified atom stereocenters. The Kier molecular flexibility index (Phi) is 5.26. The molecule has 0 saturated carbocycles. The lowest BCUT2D eigenvalue weighted by Crippen LogP contribution is -2.36. The third kappa shape index (κ3) is 4.03. The monoisotopic (exact) mass is 414 g/mol. The van der Waals surface area contributed by atoms with Gasteiger partial charge in [-0.2, -0.15) is 4.98 Å². The van der Waals surface area contributed by atoms with E-state index in [0.29, 0.717) is 29.0 Å². The molecule has 152 valence electrons. The largest absolute Gasteiger partial charge is 0.459 e. The van der Waals surface area contributed by atoms with Crippen LogP contribution in [0.3, 0.4) is 0 Å². The van der Waals surface area contributed by atoms with Gasteiger partial charge in [0.05, 0.1) is 36.1 Å². The summed E-state index contributed by atoms with van der Waals surface area (Å²) in [4.78, 5) is 14.7. The Balaban J connectivity index is 1.38. The molecule has 0 radical (unpaired) electrons. The van der Waals surface area contributed by atoms with Crippen LogP contribution in [0.4, 0.5) is 5.69 Å². The van der Waals surface area contributed by atoms with Crippen LogP contribution in [0.1, 0.15) is 12.8 Å². The molecule has 1 N–H and O–H groups in total. The lowest BCUT2D eigenvalue weighted by atomic mass is 10.1. The van der Waals surface area contributed by atoms with Crippen molar-refractivity contribution in [2.45, 2.75) is 18.9 Å². The van der Waals surface area contributed by atoms with Gasteiger partial charge in [-0.15, -0.1) is 0 Å². The molecule has 1 atom stereocenters. The van der Waals surface area contributed by atoms with Crippen molar-refractivity contribution in [2.24, 2.45) is 0 Å². The van der Waals surface area contributed by atoms with Gasteiger partial charge in [0.15, 0.2) is 5.65 Å². The standard InChI is InChI=1S/C21H23ClN4O3/c22-17-12-18-20(25-21(23-18)29-16-2-1-9-28-13-16)24-19(17)14-3-5-15(6-4-14)26-7-10-27-11-8-26/h3-6,12,16H,1-2,7-11,13H2,(H,23,24,25). The maximum atomic E-state index is 6.53. The van der Waals surface area contributed by atoms with Crippen molar-refractivity contribution >= 4 is 28.5 Å². The topological polar surface area (TPSA) is 72.5 Å². The average molecular weight is 415 g/mol. The van der Waals surface area contributed by atoms with Crippen molar-refractivity contribution in [1.29, 1.82) is 0 Å². The highest BCUT2D eigenvalue weighted by atomic mass is 35.5. The van der Waals surface area contributed by atoms with Crippen molar-refractivity contribution in [3.05, 3.63) is 35.4 Å². The summed E-state index contributed by atoms with van der Waals surface area (Å²) in [6.07, 6.45) is 1.98. The van der Waals surface area contributed by atoms with Gasteiger partial charge in [-0.25, -0.2) is 4.98 Å². The van der Waals surface area contributed by atoms with E-state index in [2.05, 4.69) is 32.0 Å². The molecule has 2 saturated heterocycles. The molecular formula is C21H23ClN4O3. The van der Waals surface area contributed by atoms with E-state index < -0.39 is 0 Å². The lowest BCUT2D eigenvalue weighted by molar-refractivity contribution is 0.00389. The first-order chi connectivity index (χ1) is 14.3. The van der Waals surface area contributed by atoms with Crippen LogP contribution in [0.25, 0.3) is 22.4 Å². The fourth-order valence-corrected chi connectivity index (χ4v) is 4.03. The predicted octanol–water partition coefficient (Wildman–Crippen LogP) is 3.67. The predicted molar refractivity (Wildman–Crippen MR) is 112 cm³/mol. The third-order valence-corrected chi connectivity index (χ3v) is 5.61. The van der Waals surface area contributed by atoms with Gasteiger partial charge in [-0.3, -0.25) is 0 Å². The molecule has 2 fully saturated rings. The van der Waals surface area contributed by atoms with Crippen LogP contribution in [0.2, 0.25) is 5.02 Å². The number of fused-ring (bicyclic) bond motifs is 1. The Hall–Kier alpha value is -2.35. The summed E-state index contributed by atoms with van der Waals surface area (Å²) in [5, 5.41) is 0.577. The number of benzene rings is 1. The highest BCUT2D eigenvalue weighted by molar-refractivity contribution is 6.33. The molecule has 3 aromatic rings. The number of pyridine rings is 1. The number of morpholine rings is 1. The number of ether oxygens (including phenoxy) is 3. The number of hydrogen-bond donors (Lipinski definition) is 1. The Labute approximate surface area is 173 Å². The van der Waals surface area contributed by atoms with Crippen LogP contribution in [-0.4, -0.2) is 60.6 Å². The summed E-state index contributed by atoms with van der Waals surface area (Å²) >= 11 is 6.53. The zero-order valence-electron chi connectivity index (χ0n) is 16.1. The maximum absolute atomic E-state index is 6.53. The molecule has 0 bridgehead atoms. The molecule has 0 amide bonds. The summed E-state index contributed by atoms with van der Waals surface area (Å²) < 4.78 is 16.8. The van der Waals surface area contributed by atoms with E-state index in [1.165, 1.54) is 5.69 Å².